The van der Waals surface area contributed by atoms with Gasteiger partial charge in [-0.25, -0.2) is 0 Å². The minimum atomic E-state index is 1.32. The summed E-state index contributed by atoms with van der Waals surface area (Å²) in [5.41, 5.74) is 1.32. The third-order valence-electron chi connectivity index (χ3n) is 0.692. The van der Waals surface area contributed by atoms with Crippen molar-refractivity contribution in [2.24, 2.45) is 0 Å². The van der Waals surface area contributed by atoms with Gasteiger partial charge in [-0.05, 0) is 26.1 Å². The van der Waals surface area contributed by atoms with E-state index in [9.17, 15) is 0 Å². The highest BCUT2D eigenvalue weighted by atomic mass is 14.8. The SMILES string of the molecule is CNC=CC=C(C)C. The van der Waals surface area contributed by atoms with Crippen molar-refractivity contribution in [3.8, 4) is 0 Å². The van der Waals surface area contributed by atoms with Crippen molar-refractivity contribution in [3.05, 3.63) is 23.9 Å². The van der Waals surface area contributed by atoms with Gasteiger partial charge >= 0.3 is 0 Å². The molecule has 0 rings (SSSR count). The summed E-state index contributed by atoms with van der Waals surface area (Å²) < 4.78 is 0. The highest BCUT2D eigenvalue weighted by Gasteiger charge is 1.66. The molecular weight excluding hydrogens is 98.1 g/mol. The van der Waals surface area contributed by atoms with Crippen molar-refractivity contribution in [3.63, 3.8) is 0 Å². The molecule has 0 aliphatic carbocycles. The van der Waals surface area contributed by atoms with Crippen molar-refractivity contribution in [1.29, 1.82) is 0 Å². The maximum Gasteiger partial charge on any atom is 0.00277 e. The fraction of sp³-hybridized carbons (Fsp3) is 0.429. The molecule has 0 unspecified atom stereocenters. The van der Waals surface area contributed by atoms with Gasteiger partial charge in [0.2, 0.25) is 0 Å². The van der Waals surface area contributed by atoms with Gasteiger partial charge in [-0.3, -0.25) is 0 Å². The van der Waals surface area contributed by atoms with Gasteiger partial charge in [0.15, 0.2) is 0 Å². The van der Waals surface area contributed by atoms with Gasteiger partial charge in [0.05, 0.1) is 0 Å². The average molecular weight is 111 g/mol. The molecule has 8 heavy (non-hydrogen) atoms. The van der Waals surface area contributed by atoms with Crippen molar-refractivity contribution < 1.29 is 0 Å². The summed E-state index contributed by atoms with van der Waals surface area (Å²) in [7, 11) is 1.88. The second-order valence-corrected chi connectivity index (χ2v) is 1.89. The normalized spacial score (nSPS) is 9.38. The molecule has 0 saturated carbocycles. The van der Waals surface area contributed by atoms with Crippen LogP contribution in [0.5, 0.6) is 0 Å². The molecule has 0 fully saturated rings. The minimum Gasteiger partial charge on any atom is -0.394 e. The summed E-state index contributed by atoms with van der Waals surface area (Å²) in [5, 5.41) is 2.90. The van der Waals surface area contributed by atoms with Gasteiger partial charge in [-0.1, -0.05) is 11.6 Å². The molecule has 46 valence electrons. The van der Waals surface area contributed by atoms with Crippen LogP contribution < -0.4 is 5.32 Å². The van der Waals surface area contributed by atoms with Gasteiger partial charge in [0, 0.05) is 7.05 Å². The fourth-order valence-electron chi connectivity index (χ4n) is 0.337. The van der Waals surface area contributed by atoms with Crippen LogP contribution in [-0.2, 0) is 0 Å². The van der Waals surface area contributed by atoms with Gasteiger partial charge < -0.3 is 5.32 Å². The summed E-state index contributed by atoms with van der Waals surface area (Å²) >= 11 is 0. The Morgan fingerprint density at radius 1 is 1.38 bits per heavy atom. The lowest BCUT2D eigenvalue weighted by atomic mass is 10.3. The molecule has 0 atom stereocenters. The molecule has 0 radical (unpaired) electrons. The van der Waals surface area contributed by atoms with Crippen molar-refractivity contribution in [2.45, 2.75) is 13.8 Å². The minimum absolute atomic E-state index is 1.32. The van der Waals surface area contributed by atoms with Gasteiger partial charge in [-0.2, -0.15) is 0 Å². The van der Waals surface area contributed by atoms with Crippen LogP contribution in [0.2, 0.25) is 0 Å². The Labute approximate surface area is 51.1 Å². The first-order chi connectivity index (χ1) is 3.77. The summed E-state index contributed by atoms with van der Waals surface area (Å²) in [6.45, 7) is 4.14. The topological polar surface area (TPSA) is 12.0 Å². The molecule has 1 nitrogen and oxygen atoms in total. The van der Waals surface area contributed by atoms with Crippen LogP contribution in [0.25, 0.3) is 0 Å². The molecule has 0 aromatic rings. The van der Waals surface area contributed by atoms with Crippen molar-refractivity contribution in [1.82, 2.24) is 5.32 Å². The molecule has 0 spiro atoms. The van der Waals surface area contributed by atoms with Crippen LogP contribution in [0.15, 0.2) is 23.9 Å². The predicted octanol–water partition coefficient (Wildman–Crippen LogP) is 1.69. The number of allylic oxidation sites excluding steroid dienone is 3. The Balaban J connectivity index is 3.42. The van der Waals surface area contributed by atoms with E-state index in [2.05, 4.69) is 25.2 Å². The van der Waals surface area contributed by atoms with E-state index < -0.39 is 0 Å². The van der Waals surface area contributed by atoms with Crippen LogP contribution in [0.1, 0.15) is 13.8 Å². The van der Waals surface area contributed by atoms with Crippen molar-refractivity contribution >= 4 is 0 Å². The van der Waals surface area contributed by atoms with E-state index in [1.54, 1.807) is 0 Å². The third kappa shape index (κ3) is 5.28. The van der Waals surface area contributed by atoms with Gasteiger partial charge in [0.25, 0.3) is 0 Å². The van der Waals surface area contributed by atoms with Crippen LogP contribution in [0.4, 0.5) is 0 Å². The van der Waals surface area contributed by atoms with Crippen LogP contribution in [0.3, 0.4) is 0 Å². The second kappa shape index (κ2) is 4.44. The smallest absolute Gasteiger partial charge is 0.00277 e. The highest BCUT2D eigenvalue weighted by molar-refractivity contribution is 5.07. The Bertz CT molecular complexity index is 97.0. The summed E-state index contributed by atoms with van der Waals surface area (Å²) in [4.78, 5) is 0. The molecule has 0 aromatic carbocycles. The highest BCUT2D eigenvalue weighted by Crippen LogP contribution is 1.86. The van der Waals surface area contributed by atoms with E-state index in [-0.39, 0.29) is 0 Å². The molecule has 0 heterocycles. The van der Waals surface area contributed by atoms with Crippen LogP contribution in [-0.4, -0.2) is 7.05 Å². The van der Waals surface area contributed by atoms with E-state index in [1.807, 2.05) is 19.3 Å². The van der Waals surface area contributed by atoms with Crippen molar-refractivity contribution in [2.75, 3.05) is 7.05 Å². The first-order valence-corrected chi connectivity index (χ1v) is 2.74. The second-order valence-electron chi connectivity index (χ2n) is 1.89. The fourth-order valence-corrected chi connectivity index (χ4v) is 0.337. The lowest BCUT2D eigenvalue weighted by Gasteiger charge is -1.82. The van der Waals surface area contributed by atoms with Gasteiger partial charge in [0.1, 0.15) is 0 Å². The molecule has 0 bridgehead atoms. The number of hydrogen-bond acceptors (Lipinski definition) is 1. The summed E-state index contributed by atoms with van der Waals surface area (Å²) in [6.07, 6.45) is 5.93. The Hall–Kier alpha value is -0.720. The first kappa shape index (κ1) is 7.28. The van der Waals surface area contributed by atoms with E-state index in [0.717, 1.165) is 0 Å². The molecule has 0 aliphatic heterocycles. The molecular formula is C7H13N. The zero-order valence-corrected chi connectivity index (χ0v) is 5.73. The van der Waals surface area contributed by atoms with E-state index in [0.29, 0.717) is 0 Å². The molecule has 0 amide bonds. The Morgan fingerprint density at radius 2 is 2.00 bits per heavy atom. The standard InChI is InChI=1S/C7H13N/c1-7(2)5-4-6-8-3/h4-6,8H,1-3H3. The Kier molecular flexibility index (Phi) is 4.04. The molecule has 0 aromatic heterocycles. The molecule has 1 N–H and O–H groups in total. The predicted molar refractivity (Wildman–Crippen MR) is 37.6 cm³/mol. The molecule has 1 heteroatoms. The summed E-state index contributed by atoms with van der Waals surface area (Å²) in [5.74, 6) is 0. The Morgan fingerprint density at radius 3 is 2.38 bits per heavy atom. The van der Waals surface area contributed by atoms with E-state index in [4.69, 9.17) is 0 Å². The lowest BCUT2D eigenvalue weighted by Crippen LogP contribution is -1.89. The molecule has 0 aliphatic rings. The number of rotatable bonds is 2. The zero-order valence-electron chi connectivity index (χ0n) is 5.73. The van der Waals surface area contributed by atoms with E-state index in [1.165, 1.54) is 5.57 Å². The van der Waals surface area contributed by atoms with Gasteiger partial charge in [-0.15, -0.1) is 0 Å². The molecule has 0 saturated heterocycles. The summed E-state index contributed by atoms with van der Waals surface area (Å²) in [6, 6.07) is 0. The van der Waals surface area contributed by atoms with E-state index >= 15 is 0 Å². The first-order valence-electron chi connectivity index (χ1n) is 2.74. The third-order valence-corrected chi connectivity index (χ3v) is 0.692. The largest absolute Gasteiger partial charge is 0.394 e. The quantitative estimate of drug-likeness (QED) is 0.535. The lowest BCUT2D eigenvalue weighted by molar-refractivity contribution is 1.10. The number of hydrogen-bond donors (Lipinski definition) is 1. The van der Waals surface area contributed by atoms with Crippen LogP contribution in [0, 0.1) is 0 Å². The van der Waals surface area contributed by atoms with Crippen LogP contribution >= 0.6 is 0 Å². The number of nitrogens with one attached hydrogen (secondary N) is 1. The monoisotopic (exact) mass is 111 g/mol. The average Bonchev–Trinajstić information content (AvgIpc) is 1.66. The maximum atomic E-state index is 2.90. The zero-order chi connectivity index (χ0) is 6.41. The maximum absolute atomic E-state index is 2.90.